The molecule has 0 fully saturated rings. The van der Waals surface area contributed by atoms with Gasteiger partial charge in [-0.2, -0.15) is 13.2 Å². The van der Waals surface area contributed by atoms with Gasteiger partial charge in [0.1, 0.15) is 11.3 Å². The number of pyridine rings is 2. The van der Waals surface area contributed by atoms with Crippen LogP contribution < -0.4 is 10.6 Å². The van der Waals surface area contributed by atoms with Crippen LogP contribution in [0.3, 0.4) is 0 Å². The molecule has 0 aliphatic rings. The maximum Gasteiger partial charge on any atom is 0.490 e. The van der Waals surface area contributed by atoms with E-state index in [0.717, 1.165) is 39.6 Å². The first-order valence-corrected chi connectivity index (χ1v) is 17.4. The number of carbonyl (C=O) groups is 4. The second-order valence-electron chi connectivity index (χ2n) is 12.9. The number of aromatic nitrogens is 2. The Morgan fingerprint density at radius 3 is 1.48 bits per heavy atom. The molecule has 0 radical (unpaired) electrons. The molecule has 2 aromatic carbocycles. The number of rotatable bonds is 14. The fraction of sp³-hybridized carbons (Fsp3) is 0.350. The molecular formula is C40H47F3N4O9. The predicted octanol–water partition coefficient (Wildman–Crippen LogP) is 8.80. The first kappa shape index (κ1) is 46.3. The summed E-state index contributed by atoms with van der Waals surface area (Å²) in [5.41, 5.74) is 5.63. The van der Waals surface area contributed by atoms with E-state index in [1.54, 1.807) is 43.6 Å². The summed E-state index contributed by atoms with van der Waals surface area (Å²) in [4.78, 5) is 50.9. The molecule has 2 heterocycles. The topological polar surface area (TPSA) is 186 Å². The molecule has 2 aromatic heterocycles. The Kier molecular flexibility index (Phi) is 18.1. The number of hydrogen-bond donors (Lipinski definition) is 4. The fourth-order valence-electron chi connectivity index (χ4n) is 4.40. The Balaban J connectivity index is 0.000000345. The van der Waals surface area contributed by atoms with Crippen molar-refractivity contribution in [1.29, 1.82) is 0 Å². The number of nitrogens with one attached hydrogen (secondary N) is 2. The molecule has 56 heavy (non-hydrogen) atoms. The summed E-state index contributed by atoms with van der Waals surface area (Å²) in [6.07, 6.45) is -1.53. The zero-order valence-electron chi connectivity index (χ0n) is 32.1. The van der Waals surface area contributed by atoms with E-state index in [9.17, 15) is 27.6 Å². The summed E-state index contributed by atoms with van der Waals surface area (Å²) in [5, 5.41) is 22.5. The Bertz CT molecular complexity index is 1830. The number of aliphatic carboxylic acids is 2. The van der Waals surface area contributed by atoms with E-state index >= 15 is 0 Å². The minimum absolute atomic E-state index is 0.226. The summed E-state index contributed by atoms with van der Waals surface area (Å²) in [5.74, 6) is -4.68. The van der Waals surface area contributed by atoms with Gasteiger partial charge in [0.25, 0.3) is 0 Å². The minimum atomic E-state index is -5.08. The Labute approximate surface area is 323 Å². The van der Waals surface area contributed by atoms with E-state index in [-0.39, 0.29) is 11.9 Å². The summed E-state index contributed by atoms with van der Waals surface area (Å²) in [6.45, 7) is 14.1. The van der Waals surface area contributed by atoms with Crippen molar-refractivity contribution in [3.63, 3.8) is 0 Å². The Morgan fingerprint density at radius 1 is 0.714 bits per heavy atom. The van der Waals surface area contributed by atoms with Crippen LogP contribution in [0.15, 0.2) is 85.2 Å². The van der Waals surface area contributed by atoms with E-state index in [2.05, 4.69) is 20.6 Å². The van der Waals surface area contributed by atoms with Crippen molar-refractivity contribution in [1.82, 2.24) is 9.97 Å². The summed E-state index contributed by atoms with van der Waals surface area (Å²) in [7, 11) is 0. The number of ether oxygens (including phenoxy) is 3. The van der Waals surface area contributed by atoms with E-state index in [4.69, 9.17) is 29.2 Å². The molecule has 0 spiro atoms. The maximum atomic E-state index is 12.2. The van der Waals surface area contributed by atoms with Crippen molar-refractivity contribution < 1.29 is 56.8 Å². The van der Waals surface area contributed by atoms with Gasteiger partial charge in [0.15, 0.2) is 6.29 Å². The number of hydrogen-bond acceptors (Lipinski definition) is 11. The van der Waals surface area contributed by atoms with Crippen molar-refractivity contribution in [2.75, 3.05) is 23.8 Å². The molecule has 0 bridgehead atoms. The molecule has 0 saturated carbocycles. The molecule has 13 nitrogen and oxygen atoms in total. The first-order valence-electron chi connectivity index (χ1n) is 17.4. The third-order valence-electron chi connectivity index (χ3n) is 7.34. The van der Waals surface area contributed by atoms with Crippen LogP contribution in [0, 0.1) is 0 Å². The van der Waals surface area contributed by atoms with Gasteiger partial charge in [0.2, 0.25) is 6.29 Å². The maximum absolute atomic E-state index is 12.2. The standard InChI is InChI=1S/C23H32N2O4.C15H14N2O3.C2HF3O2/c1-7-27-22(28-8-2)20-14-13-19(15-24-20)25-18-11-9-17(10-12-18)16(3)21(26)29-23(4,5)6;1-10(15(19)20)11-2-4-12(5-3-11)17-13-6-7-14(9-18)16-8-13;3-2(4,5)1(6)7/h9-16,22,25H,7-8H2,1-6H3;2-10,17H,1H3,(H,19,20);(H,6,7). The van der Waals surface area contributed by atoms with E-state index in [1.165, 1.54) is 0 Å². The number of aldehydes is 1. The van der Waals surface area contributed by atoms with E-state index in [1.807, 2.05) is 90.1 Å². The number of carboxylic acid groups (broad SMARTS) is 2. The fourth-order valence-corrected chi connectivity index (χ4v) is 4.40. The lowest BCUT2D eigenvalue weighted by Gasteiger charge is -2.22. The van der Waals surface area contributed by atoms with Crippen molar-refractivity contribution in [3.05, 3.63) is 108 Å². The highest BCUT2D eigenvalue weighted by molar-refractivity contribution is 5.78. The molecule has 0 aliphatic heterocycles. The summed E-state index contributed by atoms with van der Waals surface area (Å²) < 4.78 is 48.3. The highest BCUT2D eigenvalue weighted by atomic mass is 19.4. The molecular weight excluding hydrogens is 737 g/mol. The van der Waals surface area contributed by atoms with Gasteiger partial charge in [-0.05, 0) is 108 Å². The Morgan fingerprint density at radius 2 is 1.14 bits per heavy atom. The van der Waals surface area contributed by atoms with E-state index < -0.39 is 35.9 Å². The molecule has 302 valence electrons. The van der Waals surface area contributed by atoms with Crippen molar-refractivity contribution in [2.24, 2.45) is 0 Å². The highest BCUT2D eigenvalue weighted by Gasteiger charge is 2.38. The molecule has 0 aliphatic carbocycles. The van der Waals surface area contributed by atoms with Gasteiger partial charge in [-0.3, -0.25) is 24.4 Å². The lowest BCUT2D eigenvalue weighted by Crippen LogP contribution is -2.26. The minimum Gasteiger partial charge on any atom is -0.481 e. The second kappa shape index (κ2) is 21.9. The molecule has 0 amide bonds. The third-order valence-corrected chi connectivity index (χ3v) is 7.34. The first-order chi connectivity index (χ1) is 26.3. The number of nitrogens with zero attached hydrogens (tertiary/aromatic N) is 2. The van der Waals surface area contributed by atoms with Crippen LogP contribution in [0.1, 0.15) is 93.9 Å². The monoisotopic (exact) mass is 784 g/mol. The van der Waals surface area contributed by atoms with Gasteiger partial charge in [-0.25, -0.2) is 4.79 Å². The van der Waals surface area contributed by atoms with Gasteiger partial charge in [0, 0.05) is 24.6 Å². The molecule has 4 rings (SSSR count). The number of carboxylic acids is 2. The Hall–Kier alpha value is -5.87. The molecule has 2 atom stereocenters. The van der Waals surface area contributed by atoms with Crippen molar-refractivity contribution >= 4 is 46.9 Å². The van der Waals surface area contributed by atoms with Crippen LogP contribution in [0.25, 0.3) is 0 Å². The highest BCUT2D eigenvalue weighted by Crippen LogP contribution is 2.25. The van der Waals surface area contributed by atoms with Gasteiger partial charge >= 0.3 is 24.1 Å². The van der Waals surface area contributed by atoms with Crippen molar-refractivity contribution in [2.45, 2.75) is 78.4 Å². The number of esters is 1. The van der Waals surface area contributed by atoms with Crippen LogP contribution in [0.4, 0.5) is 35.9 Å². The summed E-state index contributed by atoms with van der Waals surface area (Å²) >= 11 is 0. The lowest BCUT2D eigenvalue weighted by atomic mass is 10.0. The van der Waals surface area contributed by atoms with E-state index in [0.29, 0.717) is 25.2 Å². The largest absolute Gasteiger partial charge is 0.490 e. The third kappa shape index (κ3) is 16.2. The number of benzene rings is 2. The van der Waals surface area contributed by atoms with Gasteiger partial charge in [-0.1, -0.05) is 24.3 Å². The normalized spacial score (nSPS) is 12.1. The predicted molar refractivity (Wildman–Crippen MR) is 203 cm³/mol. The molecule has 0 saturated heterocycles. The average Bonchev–Trinajstić information content (AvgIpc) is 3.15. The van der Waals surface area contributed by atoms with Crippen LogP contribution >= 0.6 is 0 Å². The SMILES string of the molecule is CC(C(=O)O)c1ccc(Nc2ccc(C=O)nc2)cc1.CCOC(OCC)c1ccc(Nc2ccc(C(C)C(=O)OC(C)(C)C)cc2)cn1.O=C(O)C(F)(F)F. The zero-order chi connectivity index (χ0) is 42.1. The molecule has 2 unspecified atom stereocenters. The van der Waals surface area contributed by atoms with Gasteiger partial charge in [-0.15, -0.1) is 0 Å². The van der Waals surface area contributed by atoms with Crippen LogP contribution in [-0.2, 0) is 28.6 Å². The number of halogens is 3. The lowest BCUT2D eigenvalue weighted by molar-refractivity contribution is -0.192. The number of alkyl halides is 3. The smallest absolute Gasteiger partial charge is 0.481 e. The van der Waals surface area contributed by atoms with Crippen LogP contribution in [0.5, 0.6) is 0 Å². The van der Waals surface area contributed by atoms with Gasteiger partial charge in [0.05, 0.1) is 41.3 Å². The number of anilines is 4. The average molecular weight is 785 g/mol. The molecule has 4 aromatic rings. The molecule has 16 heteroatoms. The molecule has 4 N–H and O–H groups in total. The van der Waals surface area contributed by atoms with Crippen molar-refractivity contribution in [3.8, 4) is 0 Å². The van der Waals surface area contributed by atoms with Gasteiger partial charge < -0.3 is 35.1 Å². The van der Waals surface area contributed by atoms with Crippen LogP contribution in [-0.4, -0.2) is 69.4 Å². The quantitative estimate of drug-likeness (QED) is 0.0540. The van der Waals surface area contributed by atoms with Crippen LogP contribution in [0.2, 0.25) is 0 Å². The summed E-state index contributed by atoms with van der Waals surface area (Å²) in [6, 6.07) is 22.1. The number of carbonyl (C=O) groups excluding carboxylic acids is 2. The zero-order valence-corrected chi connectivity index (χ0v) is 32.1. The second-order valence-corrected chi connectivity index (χ2v) is 12.9.